The Morgan fingerprint density at radius 3 is 2.36 bits per heavy atom. The van der Waals surface area contributed by atoms with Crippen molar-refractivity contribution in [2.24, 2.45) is 0 Å². The van der Waals surface area contributed by atoms with E-state index in [0.717, 1.165) is 57.1 Å². The maximum absolute atomic E-state index is 13.5. The van der Waals surface area contributed by atoms with Crippen molar-refractivity contribution in [3.05, 3.63) is 113 Å². The SMILES string of the molecule is CCCc1nc2c(C)nc(N(C)C)nc2n1Cc1ccc(C2(NS(=O)(=O)C(=O)c3ccccc3)Cc3ccccc3S2)cc1. The summed E-state index contributed by atoms with van der Waals surface area (Å²) < 4.78 is 32.0. The Kier molecular flexibility index (Phi) is 8.04. The summed E-state index contributed by atoms with van der Waals surface area (Å²) in [6.45, 7) is 4.63. The van der Waals surface area contributed by atoms with Gasteiger partial charge in [0.15, 0.2) is 5.65 Å². The van der Waals surface area contributed by atoms with Crippen molar-refractivity contribution in [1.82, 2.24) is 24.2 Å². The zero-order valence-electron chi connectivity index (χ0n) is 25.1. The van der Waals surface area contributed by atoms with Crippen molar-refractivity contribution >= 4 is 44.0 Å². The van der Waals surface area contributed by atoms with E-state index in [-0.39, 0.29) is 5.56 Å². The number of nitrogens with one attached hydrogen (secondary N) is 1. The molecular weight excluding hydrogens is 593 g/mol. The summed E-state index contributed by atoms with van der Waals surface area (Å²) in [5.41, 5.74) is 5.36. The molecule has 0 saturated heterocycles. The lowest BCUT2D eigenvalue weighted by Gasteiger charge is -2.29. The van der Waals surface area contributed by atoms with E-state index in [1.54, 1.807) is 18.2 Å². The molecule has 1 aliphatic rings. The van der Waals surface area contributed by atoms with Gasteiger partial charge in [0.25, 0.3) is 15.1 Å². The standard InChI is InChI=1S/C33H34N6O3S2/c1-5-11-28-35-29-22(2)34-32(38(3)4)36-30(29)39(28)21-23-16-18-26(19-17-23)33(20-25-14-9-10-15-27(25)43-33)37-44(41,42)31(40)24-12-7-6-8-13-24/h6-10,12-19,37H,5,11,20-21H2,1-4H3. The lowest BCUT2D eigenvalue weighted by atomic mass is 9.98. The number of hydrogen-bond acceptors (Lipinski definition) is 8. The largest absolute Gasteiger partial charge is 0.347 e. The predicted molar refractivity (Wildman–Crippen MR) is 174 cm³/mol. The van der Waals surface area contributed by atoms with E-state index in [4.69, 9.17) is 9.97 Å². The monoisotopic (exact) mass is 626 g/mol. The molecule has 6 rings (SSSR count). The first-order chi connectivity index (χ1) is 21.1. The Morgan fingerprint density at radius 2 is 1.68 bits per heavy atom. The maximum atomic E-state index is 13.5. The van der Waals surface area contributed by atoms with E-state index in [2.05, 4.69) is 21.2 Å². The molecule has 5 aromatic rings. The normalized spacial score (nSPS) is 16.3. The number of imidazole rings is 1. The molecule has 226 valence electrons. The molecule has 9 nitrogen and oxygen atoms in total. The Morgan fingerprint density at radius 1 is 0.977 bits per heavy atom. The van der Waals surface area contributed by atoms with Crippen molar-refractivity contribution in [3.8, 4) is 0 Å². The van der Waals surface area contributed by atoms with Gasteiger partial charge in [-0.25, -0.2) is 18.4 Å². The van der Waals surface area contributed by atoms with Crippen LogP contribution in [0.25, 0.3) is 11.2 Å². The zero-order valence-corrected chi connectivity index (χ0v) is 26.7. The molecule has 0 saturated carbocycles. The molecule has 0 spiro atoms. The zero-order chi connectivity index (χ0) is 31.1. The maximum Gasteiger partial charge on any atom is 0.291 e. The highest BCUT2D eigenvalue weighted by atomic mass is 32.2. The number of aryl methyl sites for hydroxylation is 2. The summed E-state index contributed by atoms with van der Waals surface area (Å²) >= 11 is 1.42. The molecule has 3 aromatic carbocycles. The molecular formula is C33H34N6O3S2. The Hall–Kier alpha value is -4.06. The van der Waals surface area contributed by atoms with Crippen LogP contribution in [-0.4, -0.2) is 47.1 Å². The molecule has 1 unspecified atom stereocenters. The molecule has 3 heterocycles. The van der Waals surface area contributed by atoms with Gasteiger partial charge in [-0.15, -0.1) is 0 Å². The fourth-order valence-corrected chi connectivity index (χ4v) is 8.46. The van der Waals surface area contributed by atoms with Crippen LogP contribution in [0, 0.1) is 6.92 Å². The number of carbonyl (C=O) groups excluding carboxylic acids is 1. The van der Waals surface area contributed by atoms with Crippen LogP contribution in [0.15, 0.2) is 83.8 Å². The quantitative estimate of drug-likeness (QED) is 0.230. The Balaban J connectivity index is 1.36. The second kappa shape index (κ2) is 11.8. The first-order valence-electron chi connectivity index (χ1n) is 14.5. The van der Waals surface area contributed by atoms with Gasteiger partial charge < -0.3 is 9.47 Å². The predicted octanol–water partition coefficient (Wildman–Crippen LogP) is 5.46. The number of nitrogens with zero attached hydrogens (tertiary/aromatic N) is 5. The summed E-state index contributed by atoms with van der Waals surface area (Å²) in [6, 6.07) is 23.9. The average molecular weight is 627 g/mol. The van der Waals surface area contributed by atoms with Gasteiger partial charge in [0.2, 0.25) is 5.95 Å². The van der Waals surface area contributed by atoms with Gasteiger partial charge in [-0.2, -0.15) is 9.71 Å². The highest BCUT2D eigenvalue weighted by Crippen LogP contribution is 2.50. The van der Waals surface area contributed by atoms with E-state index in [1.807, 2.05) is 74.4 Å². The van der Waals surface area contributed by atoms with Crippen molar-refractivity contribution in [2.45, 2.75) is 49.4 Å². The van der Waals surface area contributed by atoms with Crippen LogP contribution in [0.5, 0.6) is 0 Å². The summed E-state index contributed by atoms with van der Waals surface area (Å²) in [7, 11) is -0.523. The van der Waals surface area contributed by atoms with Crippen LogP contribution < -0.4 is 9.62 Å². The molecule has 0 aliphatic carbocycles. The number of rotatable bonds is 9. The number of aromatic nitrogens is 4. The van der Waals surface area contributed by atoms with Crippen LogP contribution in [-0.2, 0) is 34.3 Å². The average Bonchev–Trinajstić information content (AvgIpc) is 3.56. The van der Waals surface area contributed by atoms with E-state index < -0.39 is 20.0 Å². The van der Waals surface area contributed by atoms with Gasteiger partial charge >= 0.3 is 0 Å². The minimum absolute atomic E-state index is 0.123. The second-order valence-electron chi connectivity index (χ2n) is 11.2. The van der Waals surface area contributed by atoms with Crippen LogP contribution in [0.4, 0.5) is 5.95 Å². The van der Waals surface area contributed by atoms with E-state index >= 15 is 0 Å². The number of sulfonamides is 1. The summed E-state index contributed by atoms with van der Waals surface area (Å²) in [5, 5.41) is -0.949. The van der Waals surface area contributed by atoms with Crippen molar-refractivity contribution < 1.29 is 13.2 Å². The molecule has 0 radical (unpaired) electrons. The van der Waals surface area contributed by atoms with Crippen molar-refractivity contribution in [1.29, 1.82) is 0 Å². The van der Waals surface area contributed by atoms with Gasteiger partial charge in [-0.1, -0.05) is 91.5 Å². The van der Waals surface area contributed by atoms with E-state index in [0.29, 0.717) is 18.9 Å². The Labute approximate surface area is 261 Å². The minimum atomic E-state index is -4.36. The van der Waals surface area contributed by atoms with Crippen LogP contribution in [0.3, 0.4) is 0 Å². The molecule has 44 heavy (non-hydrogen) atoms. The third kappa shape index (κ3) is 5.62. The third-order valence-electron chi connectivity index (χ3n) is 7.72. The van der Waals surface area contributed by atoms with Crippen LogP contribution in [0.2, 0.25) is 0 Å². The number of fused-ring (bicyclic) bond motifs is 2. The van der Waals surface area contributed by atoms with Crippen LogP contribution in [0.1, 0.15) is 51.9 Å². The molecule has 11 heteroatoms. The number of anilines is 1. The number of thioether (sulfide) groups is 1. The first-order valence-corrected chi connectivity index (χ1v) is 16.8. The second-order valence-corrected chi connectivity index (χ2v) is 14.1. The van der Waals surface area contributed by atoms with Gasteiger partial charge in [-0.3, -0.25) is 4.79 Å². The van der Waals surface area contributed by atoms with E-state index in [1.165, 1.54) is 23.9 Å². The first kappa shape index (κ1) is 30.0. The summed E-state index contributed by atoms with van der Waals surface area (Å²) in [5.74, 6) is 1.58. The fourth-order valence-electron chi connectivity index (χ4n) is 5.52. The Bertz CT molecular complexity index is 1930. The lowest BCUT2D eigenvalue weighted by molar-refractivity contribution is 0.107. The molecule has 1 aliphatic heterocycles. The number of benzene rings is 3. The molecule has 2 aromatic heterocycles. The molecule has 0 amide bonds. The molecule has 0 fully saturated rings. The van der Waals surface area contributed by atoms with Gasteiger partial charge in [-0.05, 0) is 36.1 Å². The van der Waals surface area contributed by atoms with Gasteiger partial charge in [0.1, 0.15) is 16.2 Å². The van der Waals surface area contributed by atoms with Crippen molar-refractivity contribution in [2.75, 3.05) is 19.0 Å². The van der Waals surface area contributed by atoms with Crippen molar-refractivity contribution in [3.63, 3.8) is 0 Å². The minimum Gasteiger partial charge on any atom is -0.347 e. The summed E-state index contributed by atoms with van der Waals surface area (Å²) in [6.07, 6.45) is 2.16. The van der Waals surface area contributed by atoms with Crippen LogP contribution >= 0.6 is 11.8 Å². The topological polar surface area (TPSA) is 110 Å². The third-order valence-corrected chi connectivity index (χ3v) is 10.6. The van der Waals surface area contributed by atoms with E-state index in [9.17, 15) is 13.2 Å². The fraction of sp³-hybridized carbons (Fsp3) is 0.273. The lowest BCUT2D eigenvalue weighted by Crippen LogP contribution is -2.45. The highest BCUT2D eigenvalue weighted by Gasteiger charge is 2.44. The van der Waals surface area contributed by atoms with Gasteiger partial charge in [0, 0.05) is 37.4 Å². The number of carbonyl (C=O) groups is 1. The molecule has 0 bridgehead atoms. The number of hydrogen-bond donors (Lipinski definition) is 1. The van der Waals surface area contributed by atoms with Gasteiger partial charge in [0.05, 0.1) is 12.2 Å². The highest BCUT2D eigenvalue weighted by molar-refractivity contribution is 8.06. The molecule has 1 N–H and O–H groups in total. The smallest absolute Gasteiger partial charge is 0.291 e. The summed E-state index contributed by atoms with van der Waals surface area (Å²) in [4.78, 5) is 29.3. The molecule has 1 atom stereocenters.